The molecule has 2 aromatic rings. The van der Waals surface area contributed by atoms with Gasteiger partial charge in [0.25, 0.3) is 0 Å². The Morgan fingerprint density at radius 2 is 1.68 bits per heavy atom. The van der Waals surface area contributed by atoms with E-state index in [2.05, 4.69) is 12.6 Å². The van der Waals surface area contributed by atoms with E-state index in [0.717, 1.165) is 35.1 Å². The summed E-state index contributed by atoms with van der Waals surface area (Å²) in [6.45, 7) is 20.7. The van der Waals surface area contributed by atoms with Gasteiger partial charge in [-0.1, -0.05) is 70.7 Å². The van der Waals surface area contributed by atoms with Gasteiger partial charge in [-0.25, -0.2) is 4.39 Å². The maximum atomic E-state index is 14.7. The minimum atomic E-state index is -0.446. The number of carbonyl (C=O) groups excluding carboxylic acids is 1. The Bertz CT molecular complexity index is 1290. The highest BCUT2D eigenvalue weighted by Gasteiger charge is 2.18. The second-order valence-electron chi connectivity index (χ2n) is 8.89. The molecule has 0 aliphatic carbocycles. The summed E-state index contributed by atoms with van der Waals surface area (Å²) in [5.74, 6) is -0.0507. The van der Waals surface area contributed by atoms with Gasteiger partial charge < -0.3 is 9.47 Å². The minimum absolute atomic E-state index is 0.0433. The lowest BCUT2D eigenvalue weighted by molar-refractivity contribution is 0.0254. The lowest BCUT2D eigenvalue weighted by atomic mass is 9.92. The largest absolute Gasteiger partial charge is 0.489 e. The molecule has 0 bridgehead atoms. The molecule has 2 aromatic carbocycles. The van der Waals surface area contributed by atoms with Crippen molar-refractivity contribution in [3.8, 4) is 11.8 Å². The van der Waals surface area contributed by atoms with Gasteiger partial charge in [0.05, 0.1) is 18.8 Å². The van der Waals surface area contributed by atoms with Crippen LogP contribution in [0.2, 0.25) is 0 Å². The van der Waals surface area contributed by atoms with E-state index in [-0.39, 0.29) is 11.9 Å². The highest BCUT2D eigenvalue weighted by atomic mass is 19.1. The van der Waals surface area contributed by atoms with E-state index in [9.17, 15) is 14.4 Å². The van der Waals surface area contributed by atoms with Gasteiger partial charge in [-0.15, -0.1) is 0 Å². The van der Waals surface area contributed by atoms with Crippen molar-refractivity contribution >= 4 is 16.9 Å². The maximum absolute atomic E-state index is 14.7. The second kappa shape index (κ2) is 17.8. The van der Waals surface area contributed by atoms with E-state index in [1.54, 1.807) is 12.1 Å². The summed E-state index contributed by atoms with van der Waals surface area (Å²) in [7, 11) is 0. The zero-order chi connectivity index (χ0) is 30.2. The average molecular weight is 546 g/mol. The summed E-state index contributed by atoms with van der Waals surface area (Å²) < 4.78 is 26.1. The van der Waals surface area contributed by atoms with Gasteiger partial charge in [-0.2, -0.15) is 5.26 Å². The monoisotopic (exact) mass is 545 g/mol. The molecule has 0 atom stereocenters. The van der Waals surface area contributed by atoms with Gasteiger partial charge in [-0.3, -0.25) is 4.79 Å². The number of halogens is 1. The van der Waals surface area contributed by atoms with Crippen molar-refractivity contribution in [3.63, 3.8) is 0 Å². The van der Waals surface area contributed by atoms with Crippen molar-refractivity contribution < 1.29 is 18.7 Å². The van der Waals surface area contributed by atoms with Crippen molar-refractivity contribution in [2.75, 3.05) is 13.2 Å². The molecule has 0 N–H and O–H groups in total. The molecule has 0 amide bonds. The van der Waals surface area contributed by atoms with E-state index >= 15 is 0 Å². The molecular weight excluding hydrogens is 501 g/mol. The molecule has 0 unspecified atom stereocenters. The lowest BCUT2D eigenvalue weighted by Gasteiger charge is -2.24. The summed E-state index contributed by atoms with van der Waals surface area (Å²) in [6, 6.07) is 12.4. The molecule has 214 valence electrons. The van der Waals surface area contributed by atoms with Crippen molar-refractivity contribution in [1.29, 1.82) is 5.26 Å². The first-order valence-electron chi connectivity index (χ1n) is 14.1. The van der Waals surface area contributed by atoms with Crippen molar-refractivity contribution in [1.82, 2.24) is 0 Å². The molecule has 1 heterocycles. The second-order valence-corrected chi connectivity index (χ2v) is 8.89. The maximum Gasteiger partial charge on any atom is 0.159 e. The highest BCUT2D eigenvalue weighted by molar-refractivity contribution is 5.94. The molecule has 0 saturated carbocycles. The third-order valence-electron chi connectivity index (χ3n) is 6.28. The Morgan fingerprint density at radius 1 is 1.05 bits per heavy atom. The van der Waals surface area contributed by atoms with E-state index in [1.807, 2.05) is 84.9 Å². The Balaban J connectivity index is 0.00000191. The van der Waals surface area contributed by atoms with Crippen LogP contribution in [0.4, 0.5) is 4.39 Å². The predicted octanol–water partition coefficient (Wildman–Crippen LogP) is 9.52. The first-order valence-corrected chi connectivity index (χ1v) is 14.1. The lowest BCUT2D eigenvalue weighted by Crippen LogP contribution is -2.26. The number of Topliss-reactive ketones (excluding diaryl/α,β-unsaturated/α-hetero) is 1. The molecule has 5 heteroatoms. The van der Waals surface area contributed by atoms with Crippen LogP contribution in [0.3, 0.4) is 0 Å². The molecule has 4 nitrogen and oxygen atoms in total. The van der Waals surface area contributed by atoms with Crippen LogP contribution in [0.5, 0.6) is 5.75 Å². The average Bonchev–Trinajstić information content (AvgIpc) is 2.98. The molecule has 1 fully saturated rings. The van der Waals surface area contributed by atoms with Gasteiger partial charge in [-0.05, 0) is 73.7 Å². The normalized spacial score (nSPS) is 14.2. The number of allylic oxidation sites excluding steroid dienone is 7. The first kappa shape index (κ1) is 34.3. The SMILES string of the molecule is C=C(/C=C(\C)c1ccc(C(C)=O)cc1F)/C(C)=C(\C=C/C)c1ccc(OC2CCOCC2)c(C#N)c1.CC.CC. The molecule has 3 rings (SSSR count). The number of hydrogen-bond acceptors (Lipinski definition) is 4. The van der Waals surface area contributed by atoms with Gasteiger partial charge in [0.15, 0.2) is 5.78 Å². The van der Waals surface area contributed by atoms with Crippen LogP contribution in [0.15, 0.2) is 72.4 Å². The van der Waals surface area contributed by atoms with Crippen molar-refractivity contribution in [3.05, 3.63) is 100 Å². The number of nitriles is 1. The molecular formula is C35H44FNO3. The number of carbonyl (C=O) groups is 1. The standard InChI is InChI=1S/C31H32FNO3.2C2H6/c1-6-7-29(25-9-11-31(26(17-25)19-33)36-27-12-14-35-15-13-27)22(4)20(2)16-21(3)28-10-8-24(23(5)34)18-30(28)32;2*1-2/h6-11,16-18,27H,2,12-15H2,1,3-5H3;2*1-2H3/b7-6-,21-16+,29-22+;;. The molecule has 0 aromatic heterocycles. The fourth-order valence-corrected chi connectivity index (χ4v) is 4.14. The van der Waals surface area contributed by atoms with Crippen molar-refractivity contribution in [2.45, 2.75) is 74.3 Å². The zero-order valence-electron chi connectivity index (χ0n) is 25.4. The van der Waals surface area contributed by atoms with Crippen molar-refractivity contribution in [2.24, 2.45) is 0 Å². The Kier molecular flexibility index (Phi) is 15.2. The van der Waals surface area contributed by atoms with Crippen LogP contribution in [-0.2, 0) is 4.74 Å². The molecule has 0 radical (unpaired) electrons. The van der Waals surface area contributed by atoms with E-state index in [4.69, 9.17) is 9.47 Å². The third kappa shape index (κ3) is 9.47. The molecule has 0 spiro atoms. The number of rotatable bonds is 8. The Morgan fingerprint density at radius 3 is 2.23 bits per heavy atom. The van der Waals surface area contributed by atoms with E-state index in [1.165, 1.54) is 13.0 Å². The van der Waals surface area contributed by atoms with Gasteiger partial charge in [0.2, 0.25) is 0 Å². The van der Waals surface area contributed by atoms with E-state index in [0.29, 0.717) is 41.2 Å². The van der Waals surface area contributed by atoms with Gasteiger partial charge >= 0.3 is 0 Å². The van der Waals surface area contributed by atoms with E-state index < -0.39 is 5.82 Å². The first-order chi connectivity index (χ1) is 19.2. The summed E-state index contributed by atoms with van der Waals surface area (Å²) >= 11 is 0. The molecule has 1 aliphatic rings. The van der Waals surface area contributed by atoms with Crippen LogP contribution >= 0.6 is 0 Å². The summed E-state index contributed by atoms with van der Waals surface area (Å²) in [5.41, 5.74) is 5.32. The zero-order valence-corrected chi connectivity index (χ0v) is 25.4. The summed E-state index contributed by atoms with van der Waals surface area (Å²) in [4.78, 5) is 11.5. The molecule has 40 heavy (non-hydrogen) atoms. The number of nitrogens with zero attached hydrogens (tertiary/aromatic N) is 1. The van der Waals surface area contributed by atoms with Crippen LogP contribution < -0.4 is 4.74 Å². The number of ketones is 1. The number of ether oxygens (including phenoxy) is 2. The predicted molar refractivity (Wildman–Crippen MR) is 165 cm³/mol. The Labute approximate surface area is 240 Å². The quantitative estimate of drug-likeness (QED) is 0.245. The van der Waals surface area contributed by atoms with Crippen LogP contribution in [-0.4, -0.2) is 25.1 Å². The Hall–Kier alpha value is -3.75. The fourth-order valence-electron chi connectivity index (χ4n) is 4.14. The third-order valence-corrected chi connectivity index (χ3v) is 6.28. The topological polar surface area (TPSA) is 59.3 Å². The number of hydrogen-bond donors (Lipinski definition) is 0. The summed E-state index contributed by atoms with van der Waals surface area (Å²) in [6.07, 6.45) is 7.39. The smallest absolute Gasteiger partial charge is 0.159 e. The van der Waals surface area contributed by atoms with Crippen LogP contribution in [0.1, 0.15) is 95.3 Å². The fraction of sp³-hybridized carbons (Fsp3) is 0.371. The number of benzene rings is 2. The molecule has 1 saturated heterocycles. The van der Waals surface area contributed by atoms with Crippen LogP contribution in [0.25, 0.3) is 11.1 Å². The van der Waals surface area contributed by atoms with Gasteiger partial charge in [0.1, 0.15) is 23.7 Å². The summed E-state index contributed by atoms with van der Waals surface area (Å²) in [5, 5.41) is 9.78. The molecule has 1 aliphatic heterocycles. The van der Waals surface area contributed by atoms with Gasteiger partial charge in [0, 0.05) is 24.0 Å². The minimum Gasteiger partial charge on any atom is -0.489 e. The van der Waals surface area contributed by atoms with Crippen LogP contribution in [0, 0.1) is 17.1 Å². The highest BCUT2D eigenvalue weighted by Crippen LogP contribution is 2.31.